The van der Waals surface area contributed by atoms with Crippen LogP contribution in [-0.2, 0) is 28.3 Å². The molecule has 3 rings (SSSR count). The Kier molecular flexibility index (Phi) is 6.10. The summed E-state index contributed by atoms with van der Waals surface area (Å²) in [7, 11) is -1.92. The number of hydrogen-bond donors (Lipinski definition) is 0. The summed E-state index contributed by atoms with van der Waals surface area (Å²) in [5, 5.41) is 4.30. The summed E-state index contributed by atoms with van der Waals surface area (Å²) in [6.45, 7) is 1.15. The van der Waals surface area contributed by atoms with E-state index >= 15 is 0 Å². The summed E-state index contributed by atoms with van der Waals surface area (Å²) < 4.78 is 28.7. The molecule has 1 fully saturated rings. The van der Waals surface area contributed by atoms with Crippen molar-refractivity contribution in [2.45, 2.75) is 17.7 Å². The lowest BCUT2D eigenvalue weighted by Gasteiger charge is -2.34. The Balaban J connectivity index is 1.59. The molecule has 0 N–H and O–H groups in total. The van der Waals surface area contributed by atoms with Gasteiger partial charge in [-0.05, 0) is 24.1 Å². The minimum atomic E-state index is -3.75. The number of nitrogens with zero attached hydrogens (tertiary/aromatic N) is 4. The largest absolute Gasteiger partial charge is 0.340 e. The first-order valence-electron chi connectivity index (χ1n) is 8.48. The van der Waals surface area contributed by atoms with Crippen LogP contribution in [0.2, 0.25) is 10.0 Å². The maximum Gasteiger partial charge on any atom is 0.244 e. The highest BCUT2D eigenvalue weighted by atomic mass is 35.5. The first kappa shape index (κ1) is 20.1. The van der Waals surface area contributed by atoms with E-state index in [-0.39, 0.29) is 33.9 Å². The number of rotatable bonds is 5. The Hall–Kier alpha value is -1.61. The summed E-state index contributed by atoms with van der Waals surface area (Å²) in [4.78, 5) is 14.1. The monoisotopic (exact) mass is 430 g/mol. The van der Waals surface area contributed by atoms with E-state index in [2.05, 4.69) is 5.10 Å². The lowest BCUT2D eigenvalue weighted by Crippen LogP contribution is -2.50. The normalized spacial score (nSPS) is 15.9. The van der Waals surface area contributed by atoms with Crippen LogP contribution in [0.5, 0.6) is 0 Å². The van der Waals surface area contributed by atoms with Crippen LogP contribution in [0.1, 0.15) is 12.0 Å². The number of piperazine rings is 1. The summed E-state index contributed by atoms with van der Waals surface area (Å²) in [5.74, 6) is 0.0108. The van der Waals surface area contributed by atoms with E-state index in [0.717, 1.165) is 5.56 Å². The second-order valence-electron chi connectivity index (χ2n) is 6.36. The van der Waals surface area contributed by atoms with Crippen LogP contribution in [0.3, 0.4) is 0 Å². The summed E-state index contributed by atoms with van der Waals surface area (Å²) in [6.07, 6.45) is 4.61. The van der Waals surface area contributed by atoms with Gasteiger partial charge in [-0.15, -0.1) is 0 Å². The maximum absolute atomic E-state index is 12.8. The molecule has 10 heteroatoms. The summed E-state index contributed by atoms with van der Waals surface area (Å²) in [6, 6.07) is 4.54. The van der Waals surface area contributed by atoms with Crippen molar-refractivity contribution in [3.63, 3.8) is 0 Å². The Bertz CT molecular complexity index is 937. The fourth-order valence-corrected chi connectivity index (χ4v) is 5.17. The van der Waals surface area contributed by atoms with Crippen LogP contribution in [-0.4, -0.2) is 59.5 Å². The van der Waals surface area contributed by atoms with Gasteiger partial charge < -0.3 is 4.90 Å². The van der Waals surface area contributed by atoms with Crippen molar-refractivity contribution in [1.29, 1.82) is 0 Å². The molecule has 1 aromatic carbocycles. The third kappa shape index (κ3) is 4.45. The minimum absolute atomic E-state index is 0.00646. The van der Waals surface area contributed by atoms with Crippen molar-refractivity contribution >= 4 is 39.1 Å². The van der Waals surface area contributed by atoms with Gasteiger partial charge in [0.15, 0.2) is 0 Å². The van der Waals surface area contributed by atoms with Gasteiger partial charge in [-0.1, -0.05) is 29.3 Å². The fourth-order valence-electron chi connectivity index (χ4n) is 3.01. The fraction of sp³-hybridized carbons (Fsp3) is 0.412. The van der Waals surface area contributed by atoms with E-state index in [9.17, 15) is 13.2 Å². The first-order chi connectivity index (χ1) is 12.8. The lowest BCUT2D eigenvalue weighted by atomic mass is 10.2. The van der Waals surface area contributed by atoms with E-state index < -0.39 is 10.0 Å². The Morgan fingerprint density at radius 2 is 1.89 bits per heavy atom. The Labute approximate surface area is 168 Å². The smallest absolute Gasteiger partial charge is 0.244 e. The molecule has 0 radical (unpaired) electrons. The first-order valence-corrected chi connectivity index (χ1v) is 10.7. The molecular weight excluding hydrogens is 411 g/mol. The Morgan fingerprint density at radius 1 is 1.19 bits per heavy atom. The number of amides is 1. The molecule has 0 atom stereocenters. The molecule has 0 bridgehead atoms. The summed E-state index contributed by atoms with van der Waals surface area (Å²) >= 11 is 12.0. The highest BCUT2D eigenvalue weighted by Gasteiger charge is 2.31. The number of aryl methyl sites for hydroxylation is 2. The van der Waals surface area contributed by atoms with Gasteiger partial charge in [0.1, 0.15) is 4.90 Å². The van der Waals surface area contributed by atoms with Gasteiger partial charge in [-0.25, -0.2) is 8.42 Å². The molecular formula is C17H20Cl2N4O3S. The molecule has 2 aromatic rings. The van der Waals surface area contributed by atoms with Crippen LogP contribution in [0.4, 0.5) is 0 Å². The SMILES string of the molecule is Cn1cc(CCC(=O)N2CCN(S(=O)(=O)c3cccc(Cl)c3Cl)CC2)cn1. The van der Waals surface area contributed by atoms with E-state index in [1.807, 2.05) is 13.2 Å². The average Bonchev–Trinajstić information content (AvgIpc) is 3.07. The molecule has 7 nitrogen and oxygen atoms in total. The average molecular weight is 431 g/mol. The molecule has 1 amide bonds. The molecule has 27 heavy (non-hydrogen) atoms. The number of benzene rings is 1. The molecule has 0 unspecified atom stereocenters. The second kappa shape index (κ2) is 8.18. The molecule has 0 aliphatic carbocycles. The molecule has 1 saturated heterocycles. The zero-order valence-corrected chi connectivity index (χ0v) is 17.1. The van der Waals surface area contributed by atoms with Crippen molar-refractivity contribution < 1.29 is 13.2 Å². The van der Waals surface area contributed by atoms with Crippen molar-refractivity contribution in [1.82, 2.24) is 19.0 Å². The second-order valence-corrected chi connectivity index (χ2v) is 9.05. The van der Waals surface area contributed by atoms with Crippen LogP contribution in [0.25, 0.3) is 0 Å². The summed E-state index contributed by atoms with van der Waals surface area (Å²) in [5.41, 5.74) is 1.00. The molecule has 2 heterocycles. The zero-order chi connectivity index (χ0) is 19.6. The number of carbonyl (C=O) groups excluding carboxylic acids is 1. The third-order valence-corrected chi connectivity index (χ3v) is 7.38. The van der Waals surface area contributed by atoms with Gasteiger partial charge in [-0.2, -0.15) is 9.40 Å². The highest BCUT2D eigenvalue weighted by Crippen LogP contribution is 2.31. The highest BCUT2D eigenvalue weighted by molar-refractivity contribution is 7.89. The minimum Gasteiger partial charge on any atom is -0.340 e. The molecule has 1 aliphatic heterocycles. The number of sulfonamides is 1. The van der Waals surface area contributed by atoms with E-state index in [1.165, 1.54) is 10.4 Å². The van der Waals surface area contributed by atoms with Crippen LogP contribution < -0.4 is 0 Å². The van der Waals surface area contributed by atoms with Crippen molar-refractivity contribution in [3.8, 4) is 0 Å². The van der Waals surface area contributed by atoms with Gasteiger partial charge in [-0.3, -0.25) is 9.48 Å². The predicted molar refractivity (Wildman–Crippen MR) is 103 cm³/mol. The molecule has 1 aromatic heterocycles. The quantitative estimate of drug-likeness (QED) is 0.728. The van der Waals surface area contributed by atoms with Crippen molar-refractivity contribution in [2.75, 3.05) is 26.2 Å². The molecule has 0 spiro atoms. The van der Waals surface area contributed by atoms with Crippen LogP contribution >= 0.6 is 23.2 Å². The topological polar surface area (TPSA) is 75.5 Å². The number of hydrogen-bond acceptors (Lipinski definition) is 4. The number of aromatic nitrogens is 2. The van der Waals surface area contributed by atoms with Crippen molar-refractivity contribution in [2.24, 2.45) is 7.05 Å². The lowest BCUT2D eigenvalue weighted by molar-refractivity contribution is -0.132. The standard InChI is InChI=1S/C17H20Cl2N4O3S/c1-21-12-13(11-20-21)5-6-16(24)22-7-9-23(10-8-22)27(25,26)15-4-2-3-14(18)17(15)19/h2-4,11-12H,5-10H2,1H3. The molecule has 0 saturated carbocycles. The van der Waals surface area contributed by atoms with Gasteiger partial charge in [0.25, 0.3) is 0 Å². The van der Waals surface area contributed by atoms with Crippen molar-refractivity contribution in [3.05, 3.63) is 46.2 Å². The van der Waals surface area contributed by atoms with Gasteiger partial charge >= 0.3 is 0 Å². The van der Waals surface area contributed by atoms with E-state index in [0.29, 0.717) is 25.9 Å². The van der Waals surface area contributed by atoms with E-state index in [4.69, 9.17) is 23.2 Å². The molecule has 146 valence electrons. The van der Waals surface area contributed by atoms with Gasteiger partial charge in [0.05, 0.1) is 16.2 Å². The van der Waals surface area contributed by atoms with Gasteiger partial charge in [0, 0.05) is 45.8 Å². The van der Waals surface area contributed by atoms with E-state index in [1.54, 1.807) is 27.9 Å². The van der Waals surface area contributed by atoms with Crippen LogP contribution in [0, 0.1) is 0 Å². The maximum atomic E-state index is 12.8. The molecule has 1 aliphatic rings. The predicted octanol–water partition coefficient (Wildman–Crippen LogP) is 2.19. The van der Waals surface area contributed by atoms with Gasteiger partial charge in [0.2, 0.25) is 15.9 Å². The number of carbonyl (C=O) groups is 1. The zero-order valence-electron chi connectivity index (χ0n) is 14.8. The Morgan fingerprint density at radius 3 is 2.52 bits per heavy atom. The third-order valence-electron chi connectivity index (χ3n) is 4.51. The van der Waals surface area contributed by atoms with Crippen LogP contribution in [0.15, 0.2) is 35.5 Å². The number of halogens is 2.